The van der Waals surface area contributed by atoms with Crippen LogP contribution in [0.3, 0.4) is 0 Å². The van der Waals surface area contributed by atoms with Crippen molar-refractivity contribution in [2.45, 2.75) is 32.2 Å². The molecule has 0 radical (unpaired) electrons. The summed E-state index contributed by atoms with van der Waals surface area (Å²) in [7, 11) is 0. The zero-order valence-electron chi connectivity index (χ0n) is 11.6. The van der Waals surface area contributed by atoms with Gasteiger partial charge in [0.25, 0.3) is 0 Å². The molecule has 112 valence electrons. The molecule has 7 heteroatoms. The van der Waals surface area contributed by atoms with E-state index in [2.05, 4.69) is 27.6 Å². The molecule has 2 rings (SSSR count). The van der Waals surface area contributed by atoms with Crippen LogP contribution >= 0.6 is 23.2 Å². The van der Waals surface area contributed by atoms with E-state index in [0.717, 1.165) is 25.9 Å². The van der Waals surface area contributed by atoms with Crippen LogP contribution in [-0.4, -0.2) is 35.6 Å². The Bertz CT molecular complexity index is 447. The Morgan fingerprint density at radius 2 is 1.95 bits per heavy atom. The van der Waals surface area contributed by atoms with E-state index in [1.54, 1.807) is 6.07 Å². The van der Waals surface area contributed by atoms with Gasteiger partial charge in [0, 0.05) is 19.1 Å². The normalized spacial score (nSPS) is 17.2. The molecule has 0 aromatic carbocycles. The summed E-state index contributed by atoms with van der Waals surface area (Å²) >= 11 is 12.1. The quantitative estimate of drug-likeness (QED) is 0.575. The van der Waals surface area contributed by atoms with Crippen molar-refractivity contribution in [1.82, 2.24) is 9.88 Å². The molecular weight excluding hydrogens is 297 g/mol. The SMILES string of the molecule is CCCN1CCC(Nc2nc(NN)c(Cl)cc2Cl)CC1. The van der Waals surface area contributed by atoms with Gasteiger partial charge in [0.05, 0.1) is 10.0 Å². The highest BCUT2D eigenvalue weighted by Gasteiger charge is 2.20. The molecule has 0 bridgehead atoms. The Morgan fingerprint density at radius 1 is 1.30 bits per heavy atom. The van der Waals surface area contributed by atoms with Crippen molar-refractivity contribution in [3.05, 3.63) is 16.1 Å². The first-order valence-corrected chi connectivity index (χ1v) is 7.71. The fraction of sp³-hybridized carbons (Fsp3) is 0.615. The molecule has 5 nitrogen and oxygen atoms in total. The fourth-order valence-corrected chi connectivity index (χ4v) is 2.95. The van der Waals surface area contributed by atoms with Crippen LogP contribution in [0, 0.1) is 0 Å². The van der Waals surface area contributed by atoms with Crippen molar-refractivity contribution in [3.63, 3.8) is 0 Å². The number of anilines is 2. The molecule has 1 aliphatic heterocycles. The third-order valence-electron chi connectivity index (χ3n) is 3.53. The smallest absolute Gasteiger partial charge is 0.161 e. The van der Waals surface area contributed by atoms with E-state index >= 15 is 0 Å². The number of nitrogens with one attached hydrogen (secondary N) is 2. The second-order valence-corrected chi connectivity index (χ2v) is 5.87. The monoisotopic (exact) mass is 317 g/mol. The summed E-state index contributed by atoms with van der Waals surface area (Å²) in [5, 5.41) is 4.33. The third-order valence-corrected chi connectivity index (χ3v) is 4.11. The standard InChI is InChI=1S/C13H21Cl2N5/c1-2-5-20-6-3-9(4-7-20)17-12-10(14)8-11(15)13(18-12)19-16/h8-9H,2-7,16H2,1H3,(H2,17,18,19). The van der Waals surface area contributed by atoms with Gasteiger partial charge in [-0.2, -0.15) is 0 Å². The van der Waals surface area contributed by atoms with Gasteiger partial charge in [-0.05, 0) is 31.9 Å². The Balaban J connectivity index is 1.97. The number of piperidine rings is 1. The number of hydrogen-bond donors (Lipinski definition) is 3. The lowest BCUT2D eigenvalue weighted by molar-refractivity contribution is 0.219. The summed E-state index contributed by atoms with van der Waals surface area (Å²) in [6.45, 7) is 5.61. The highest BCUT2D eigenvalue weighted by Crippen LogP contribution is 2.30. The van der Waals surface area contributed by atoms with E-state index in [1.807, 2.05) is 0 Å². The maximum Gasteiger partial charge on any atom is 0.161 e. The van der Waals surface area contributed by atoms with Crippen LogP contribution in [0.5, 0.6) is 0 Å². The number of hydrazine groups is 1. The topological polar surface area (TPSA) is 66.2 Å². The summed E-state index contributed by atoms with van der Waals surface area (Å²) in [6.07, 6.45) is 3.38. The number of rotatable bonds is 5. The van der Waals surface area contributed by atoms with Gasteiger partial charge >= 0.3 is 0 Å². The number of aromatic nitrogens is 1. The van der Waals surface area contributed by atoms with Gasteiger partial charge in [-0.1, -0.05) is 30.1 Å². The van der Waals surface area contributed by atoms with Crippen LogP contribution in [0.15, 0.2) is 6.07 Å². The van der Waals surface area contributed by atoms with Crippen molar-refractivity contribution < 1.29 is 0 Å². The molecule has 0 amide bonds. The van der Waals surface area contributed by atoms with Crippen molar-refractivity contribution in [2.24, 2.45) is 5.84 Å². The largest absolute Gasteiger partial charge is 0.366 e. The molecule has 0 aliphatic carbocycles. The molecule has 0 spiro atoms. The summed E-state index contributed by atoms with van der Waals surface area (Å²) in [5.41, 5.74) is 2.47. The molecule has 1 aromatic rings. The van der Waals surface area contributed by atoms with E-state index in [1.165, 1.54) is 13.0 Å². The number of nitrogen functional groups attached to an aromatic ring is 1. The summed E-state index contributed by atoms with van der Waals surface area (Å²) in [5.74, 6) is 6.45. The van der Waals surface area contributed by atoms with Crippen molar-refractivity contribution in [1.29, 1.82) is 0 Å². The number of nitrogens with two attached hydrogens (primary N) is 1. The van der Waals surface area contributed by atoms with Crippen LogP contribution in [0.2, 0.25) is 10.0 Å². The average molecular weight is 318 g/mol. The van der Waals surface area contributed by atoms with Gasteiger partial charge in [-0.25, -0.2) is 10.8 Å². The minimum atomic E-state index is 0.389. The average Bonchev–Trinajstić information content (AvgIpc) is 2.44. The van der Waals surface area contributed by atoms with E-state index < -0.39 is 0 Å². The first-order chi connectivity index (χ1) is 9.63. The number of nitrogens with zero attached hydrogens (tertiary/aromatic N) is 2. The molecule has 1 aliphatic rings. The molecular formula is C13H21Cl2N5. The highest BCUT2D eigenvalue weighted by atomic mass is 35.5. The first kappa shape index (κ1) is 15.6. The molecule has 0 saturated carbocycles. The fourth-order valence-electron chi connectivity index (χ4n) is 2.48. The van der Waals surface area contributed by atoms with E-state index in [0.29, 0.717) is 27.7 Å². The van der Waals surface area contributed by atoms with Crippen molar-refractivity contribution >= 4 is 34.8 Å². The molecule has 0 atom stereocenters. The number of pyridine rings is 1. The first-order valence-electron chi connectivity index (χ1n) is 6.95. The van der Waals surface area contributed by atoms with Gasteiger partial charge in [0.15, 0.2) is 5.82 Å². The van der Waals surface area contributed by atoms with Gasteiger partial charge in [0.2, 0.25) is 0 Å². The van der Waals surface area contributed by atoms with Crippen LogP contribution < -0.4 is 16.6 Å². The van der Waals surface area contributed by atoms with E-state index in [4.69, 9.17) is 29.0 Å². The molecule has 2 heterocycles. The minimum Gasteiger partial charge on any atom is -0.366 e. The Kier molecular flexibility index (Phi) is 5.72. The Hall–Kier alpha value is -0.750. The van der Waals surface area contributed by atoms with Crippen molar-refractivity contribution in [2.75, 3.05) is 30.4 Å². The summed E-state index contributed by atoms with van der Waals surface area (Å²) in [4.78, 5) is 6.80. The van der Waals surface area contributed by atoms with Crippen LogP contribution in [0.25, 0.3) is 0 Å². The van der Waals surface area contributed by atoms with Gasteiger partial charge in [0.1, 0.15) is 5.82 Å². The van der Waals surface area contributed by atoms with Gasteiger partial charge in [-0.3, -0.25) is 0 Å². The minimum absolute atomic E-state index is 0.389. The zero-order valence-corrected chi connectivity index (χ0v) is 13.1. The summed E-state index contributed by atoms with van der Waals surface area (Å²) < 4.78 is 0. The second-order valence-electron chi connectivity index (χ2n) is 5.05. The van der Waals surface area contributed by atoms with Crippen LogP contribution in [0.1, 0.15) is 26.2 Å². The lowest BCUT2D eigenvalue weighted by Gasteiger charge is -2.32. The molecule has 4 N–H and O–H groups in total. The Morgan fingerprint density at radius 3 is 2.55 bits per heavy atom. The number of hydrogen-bond acceptors (Lipinski definition) is 5. The molecule has 0 unspecified atom stereocenters. The maximum absolute atomic E-state index is 6.17. The molecule has 1 fully saturated rings. The Labute approximate surface area is 129 Å². The zero-order chi connectivity index (χ0) is 14.5. The molecule has 1 saturated heterocycles. The number of likely N-dealkylation sites (tertiary alicyclic amines) is 1. The van der Waals surface area contributed by atoms with Crippen LogP contribution in [0.4, 0.5) is 11.6 Å². The molecule has 20 heavy (non-hydrogen) atoms. The lowest BCUT2D eigenvalue weighted by Crippen LogP contribution is -2.39. The molecule has 1 aromatic heterocycles. The predicted octanol–water partition coefficient (Wildman–Crippen LogP) is 2.96. The van der Waals surface area contributed by atoms with E-state index in [-0.39, 0.29) is 0 Å². The maximum atomic E-state index is 6.17. The number of halogens is 2. The third kappa shape index (κ3) is 3.88. The van der Waals surface area contributed by atoms with Gasteiger partial charge < -0.3 is 15.6 Å². The highest BCUT2D eigenvalue weighted by molar-refractivity contribution is 6.37. The van der Waals surface area contributed by atoms with E-state index in [9.17, 15) is 0 Å². The predicted molar refractivity (Wildman–Crippen MR) is 85.4 cm³/mol. The summed E-state index contributed by atoms with van der Waals surface area (Å²) in [6, 6.07) is 2.04. The van der Waals surface area contributed by atoms with Crippen molar-refractivity contribution in [3.8, 4) is 0 Å². The van der Waals surface area contributed by atoms with Gasteiger partial charge in [-0.15, -0.1) is 0 Å². The lowest BCUT2D eigenvalue weighted by atomic mass is 10.0. The van der Waals surface area contributed by atoms with Crippen LogP contribution in [-0.2, 0) is 0 Å². The second kappa shape index (κ2) is 7.31.